The molecule has 3 N–H and O–H groups in total. The Labute approximate surface area is 180 Å². The molecule has 0 spiro atoms. The largest absolute Gasteiger partial charge is 0.340 e. The second kappa shape index (κ2) is 9.08. The van der Waals surface area contributed by atoms with Gasteiger partial charge in [0.1, 0.15) is 12.4 Å². The van der Waals surface area contributed by atoms with Gasteiger partial charge in [-0.15, -0.1) is 0 Å². The van der Waals surface area contributed by atoms with Crippen molar-refractivity contribution in [3.63, 3.8) is 0 Å². The van der Waals surface area contributed by atoms with Crippen LogP contribution in [0.5, 0.6) is 0 Å². The molecule has 8 nitrogen and oxygen atoms in total. The van der Waals surface area contributed by atoms with Gasteiger partial charge in [-0.25, -0.2) is 4.98 Å². The van der Waals surface area contributed by atoms with E-state index in [0.29, 0.717) is 17.5 Å². The minimum atomic E-state index is -0.141. The third kappa shape index (κ3) is 5.66. The van der Waals surface area contributed by atoms with Crippen molar-refractivity contribution >= 4 is 34.7 Å². The number of anilines is 5. The molecule has 0 radical (unpaired) electrons. The van der Waals surface area contributed by atoms with Crippen molar-refractivity contribution in [3.8, 4) is 0 Å². The zero-order valence-corrected chi connectivity index (χ0v) is 17.3. The summed E-state index contributed by atoms with van der Waals surface area (Å²) >= 11 is 0. The van der Waals surface area contributed by atoms with Crippen molar-refractivity contribution in [1.29, 1.82) is 0 Å². The van der Waals surface area contributed by atoms with Gasteiger partial charge in [-0.3, -0.25) is 9.48 Å². The summed E-state index contributed by atoms with van der Waals surface area (Å²) in [6.45, 7) is 4.14. The number of rotatable bonds is 7. The average molecular weight is 413 g/mol. The number of hydrogen-bond acceptors (Lipinski definition) is 6. The summed E-state index contributed by atoms with van der Waals surface area (Å²) in [5, 5.41) is 13.4. The number of hydrogen-bond donors (Lipinski definition) is 3. The molecular formula is C23H23N7O. The Balaban J connectivity index is 1.39. The van der Waals surface area contributed by atoms with Crippen LogP contribution in [0.3, 0.4) is 0 Å². The summed E-state index contributed by atoms with van der Waals surface area (Å²) in [7, 11) is 0. The number of benzene rings is 2. The second-order valence-corrected chi connectivity index (χ2v) is 7.16. The van der Waals surface area contributed by atoms with Gasteiger partial charge in [-0.2, -0.15) is 10.1 Å². The van der Waals surface area contributed by atoms with Crippen LogP contribution in [0.25, 0.3) is 0 Å². The first-order valence-electron chi connectivity index (χ1n) is 9.87. The lowest BCUT2D eigenvalue weighted by atomic mass is 10.2. The van der Waals surface area contributed by atoms with E-state index in [9.17, 15) is 4.79 Å². The molecule has 0 saturated carbocycles. The highest BCUT2D eigenvalue weighted by Gasteiger charge is 2.06. The number of aromatic nitrogens is 4. The van der Waals surface area contributed by atoms with Gasteiger partial charge >= 0.3 is 0 Å². The molecule has 0 saturated heterocycles. The molecule has 2 aromatic carbocycles. The van der Waals surface area contributed by atoms with Crippen LogP contribution in [0.15, 0.2) is 73.1 Å². The van der Waals surface area contributed by atoms with Gasteiger partial charge in [0.15, 0.2) is 0 Å². The first-order chi connectivity index (χ1) is 15.0. The lowest BCUT2D eigenvalue weighted by Gasteiger charge is -2.11. The molecule has 0 aliphatic heterocycles. The molecule has 0 aliphatic carbocycles. The predicted octanol–water partition coefficient (Wildman–Crippen LogP) is 4.42. The smallest absolute Gasteiger partial charge is 0.246 e. The second-order valence-electron chi connectivity index (χ2n) is 7.16. The maximum absolute atomic E-state index is 12.1. The average Bonchev–Trinajstić information content (AvgIpc) is 3.24. The van der Waals surface area contributed by atoms with Crippen LogP contribution in [-0.4, -0.2) is 25.7 Å². The molecule has 0 atom stereocenters. The Hall–Kier alpha value is -4.20. The van der Waals surface area contributed by atoms with Crippen LogP contribution >= 0.6 is 0 Å². The molecule has 2 aromatic heterocycles. The summed E-state index contributed by atoms with van der Waals surface area (Å²) < 4.78 is 1.57. The van der Waals surface area contributed by atoms with Gasteiger partial charge in [-0.1, -0.05) is 17.7 Å². The van der Waals surface area contributed by atoms with Crippen molar-refractivity contribution in [2.75, 3.05) is 16.0 Å². The normalized spacial score (nSPS) is 10.5. The number of nitrogens with one attached hydrogen (secondary N) is 3. The fourth-order valence-electron chi connectivity index (χ4n) is 2.98. The third-order valence-electron chi connectivity index (χ3n) is 4.47. The van der Waals surface area contributed by atoms with Crippen LogP contribution < -0.4 is 16.0 Å². The maximum atomic E-state index is 12.1. The van der Waals surface area contributed by atoms with Crippen LogP contribution in [0.4, 0.5) is 28.8 Å². The van der Waals surface area contributed by atoms with Crippen molar-refractivity contribution in [1.82, 2.24) is 19.7 Å². The van der Waals surface area contributed by atoms with Crippen molar-refractivity contribution in [2.45, 2.75) is 20.4 Å². The van der Waals surface area contributed by atoms with E-state index in [0.717, 1.165) is 17.1 Å². The fourth-order valence-corrected chi connectivity index (χ4v) is 2.98. The molecule has 1 amide bonds. The van der Waals surface area contributed by atoms with Gasteiger partial charge in [0.2, 0.25) is 11.9 Å². The summed E-state index contributed by atoms with van der Waals surface area (Å²) in [5.74, 6) is 1.06. The number of carbonyl (C=O) groups is 1. The van der Waals surface area contributed by atoms with E-state index in [1.165, 1.54) is 5.56 Å². The third-order valence-corrected chi connectivity index (χ3v) is 4.47. The van der Waals surface area contributed by atoms with E-state index in [4.69, 9.17) is 0 Å². The van der Waals surface area contributed by atoms with Crippen LogP contribution in [0.1, 0.15) is 11.3 Å². The molecule has 4 aromatic rings. The van der Waals surface area contributed by atoms with Gasteiger partial charge < -0.3 is 16.0 Å². The molecule has 4 rings (SSSR count). The molecule has 8 heteroatoms. The van der Waals surface area contributed by atoms with Crippen molar-refractivity contribution in [3.05, 3.63) is 84.3 Å². The van der Waals surface area contributed by atoms with Gasteiger partial charge in [-0.05, 0) is 56.3 Å². The van der Waals surface area contributed by atoms with E-state index in [1.54, 1.807) is 23.1 Å². The summed E-state index contributed by atoms with van der Waals surface area (Å²) in [5.41, 5.74) is 4.53. The Morgan fingerprint density at radius 3 is 2.29 bits per heavy atom. The summed E-state index contributed by atoms with van der Waals surface area (Å²) in [6, 6.07) is 19.2. The minimum Gasteiger partial charge on any atom is -0.340 e. The van der Waals surface area contributed by atoms with E-state index in [1.807, 2.05) is 61.5 Å². The van der Waals surface area contributed by atoms with Crippen molar-refractivity contribution < 1.29 is 4.79 Å². The predicted molar refractivity (Wildman–Crippen MR) is 122 cm³/mol. The molecule has 31 heavy (non-hydrogen) atoms. The van der Waals surface area contributed by atoms with Crippen LogP contribution in [-0.2, 0) is 11.3 Å². The molecule has 0 unspecified atom stereocenters. The van der Waals surface area contributed by atoms with Gasteiger partial charge in [0.25, 0.3) is 0 Å². The van der Waals surface area contributed by atoms with Crippen LogP contribution in [0.2, 0.25) is 0 Å². The number of amides is 1. The van der Waals surface area contributed by atoms with E-state index < -0.39 is 0 Å². The Morgan fingerprint density at radius 1 is 0.903 bits per heavy atom. The van der Waals surface area contributed by atoms with Crippen molar-refractivity contribution in [2.24, 2.45) is 0 Å². The Kier molecular flexibility index (Phi) is 5.89. The monoisotopic (exact) mass is 413 g/mol. The molecule has 2 heterocycles. The number of nitrogens with zero attached hydrogens (tertiary/aromatic N) is 4. The van der Waals surface area contributed by atoms with E-state index >= 15 is 0 Å². The highest BCUT2D eigenvalue weighted by molar-refractivity contribution is 5.90. The molecular weight excluding hydrogens is 390 g/mol. The molecule has 156 valence electrons. The lowest BCUT2D eigenvalue weighted by Crippen LogP contribution is -2.18. The lowest BCUT2D eigenvalue weighted by molar-refractivity contribution is -0.116. The fraction of sp³-hybridized carbons (Fsp3) is 0.130. The highest BCUT2D eigenvalue weighted by Crippen LogP contribution is 2.21. The van der Waals surface area contributed by atoms with Gasteiger partial charge in [0, 0.05) is 41.2 Å². The minimum absolute atomic E-state index is 0.141. The topological polar surface area (TPSA) is 96.8 Å². The van der Waals surface area contributed by atoms with E-state index in [-0.39, 0.29) is 12.5 Å². The Bertz CT molecular complexity index is 1150. The SMILES string of the molecule is Cc1ccc(Nc2cc(C)nc(Nc3ccc(NC(=O)Cn4cccn4)cc3)n2)cc1. The zero-order valence-electron chi connectivity index (χ0n) is 17.3. The molecule has 0 fully saturated rings. The molecule has 0 aliphatic rings. The highest BCUT2D eigenvalue weighted by atomic mass is 16.2. The quantitative estimate of drug-likeness (QED) is 0.415. The summed E-state index contributed by atoms with van der Waals surface area (Å²) in [4.78, 5) is 21.1. The number of carbonyl (C=O) groups excluding carboxylic acids is 1. The molecule has 0 bridgehead atoms. The van der Waals surface area contributed by atoms with E-state index in [2.05, 4.69) is 37.9 Å². The van der Waals surface area contributed by atoms with Gasteiger partial charge in [0.05, 0.1) is 0 Å². The number of aryl methyl sites for hydroxylation is 2. The summed E-state index contributed by atoms with van der Waals surface area (Å²) in [6.07, 6.45) is 3.39. The van der Waals surface area contributed by atoms with Crippen LogP contribution in [0, 0.1) is 13.8 Å². The Morgan fingerprint density at radius 2 is 1.58 bits per heavy atom. The maximum Gasteiger partial charge on any atom is 0.246 e. The first-order valence-corrected chi connectivity index (χ1v) is 9.87. The zero-order chi connectivity index (χ0) is 21.6. The standard InChI is InChI=1S/C23H23N7O/c1-16-4-6-18(7-5-16)26-21-14-17(2)25-23(29-21)28-20-10-8-19(9-11-20)27-22(31)15-30-13-3-12-24-30/h3-14H,15H2,1-2H3,(H,27,31)(H2,25,26,28,29). The first kappa shape index (κ1) is 20.1.